The van der Waals surface area contributed by atoms with Crippen LogP contribution in [0.1, 0.15) is 17.9 Å². The Morgan fingerprint density at radius 3 is 2.96 bits per heavy atom. The van der Waals surface area contributed by atoms with Crippen molar-refractivity contribution in [3.63, 3.8) is 0 Å². The van der Waals surface area contributed by atoms with Gasteiger partial charge >= 0.3 is 0 Å². The van der Waals surface area contributed by atoms with Gasteiger partial charge < -0.3 is 14.2 Å². The highest BCUT2D eigenvalue weighted by molar-refractivity contribution is 7.88. The second-order valence-electron chi connectivity index (χ2n) is 6.05. The zero-order chi connectivity index (χ0) is 16.4. The van der Waals surface area contributed by atoms with E-state index in [4.69, 9.17) is 4.74 Å². The van der Waals surface area contributed by atoms with Crippen molar-refractivity contribution >= 4 is 15.9 Å². The monoisotopic (exact) mass is 342 g/mol. The molecule has 2 aliphatic rings. The van der Waals surface area contributed by atoms with Crippen LogP contribution in [0.3, 0.4) is 0 Å². The molecule has 1 aromatic heterocycles. The molecule has 2 aliphatic heterocycles. The molecule has 0 bridgehead atoms. The fourth-order valence-corrected chi connectivity index (χ4v) is 3.46. The topological polar surface area (TPSA) is 93.5 Å². The molecule has 3 heterocycles. The quantitative estimate of drug-likeness (QED) is 0.785. The first kappa shape index (κ1) is 16.4. The molecule has 0 aromatic carbocycles. The van der Waals surface area contributed by atoms with Crippen molar-refractivity contribution in [2.75, 3.05) is 32.6 Å². The summed E-state index contributed by atoms with van der Waals surface area (Å²) in [5, 5.41) is 0. The van der Waals surface area contributed by atoms with E-state index < -0.39 is 10.0 Å². The van der Waals surface area contributed by atoms with Crippen molar-refractivity contribution in [3.05, 3.63) is 17.7 Å². The number of aromatic nitrogens is 2. The first-order valence-corrected chi connectivity index (χ1v) is 9.67. The zero-order valence-electron chi connectivity index (χ0n) is 13.2. The van der Waals surface area contributed by atoms with E-state index in [9.17, 15) is 13.2 Å². The van der Waals surface area contributed by atoms with Gasteiger partial charge in [-0.1, -0.05) is 0 Å². The van der Waals surface area contributed by atoms with Gasteiger partial charge in [0, 0.05) is 38.9 Å². The van der Waals surface area contributed by atoms with E-state index >= 15 is 0 Å². The van der Waals surface area contributed by atoms with E-state index in [2.05, 4.69) is 9.71 Å². The molecule has 1 aromatic rings. The smallest absolute Gasteiger partial charge is 0.228 e. The Bertz CT molecular complexity index is 679. The van der Waals surface area contributed by atoms with Crippen molar-refractivity contribution in [2.45, 2.75) is 25.9 Å². The fraction of sp³-hybridized carbons (Fsp3) is 0.714. The average Bonchev–Trinajstić information content (AvgIpc) is 3.10. The molecule has 0 radical (unpaired) electrons. The largest absolute Gasteiger partial charge is 0.381 e. The van der Waals surface area contributed by atoms with Crippen LogP contribution in [0.4, 0.5) is 0 Å². The number of carbonyl (C=O) groups is 1. The Kier molecular flexibility index (Phi) is 4.69. The second-order valence-corrected chi connectivity index (χ2v) is 7.88. The predicted octanol–water partition coefficient (Wildman–Crippen LogP) is -0.646. The molecule has 1 atom stereocenters. The summed E-state index contributed by atoms with van der Waals surface area (Å²) in [5.41, 5.74) is 0.823. The van der Waals surface area contributed by atoms with Gasteiger partial charge in [-0.05, 0) is 6.42 Å². The number of imidazole rings is 1. The summed E-state index contributed by atoms with van der Waals surface area (Å²) in [6, 6.07) is 0. The summed E-state index contributed by atoms with van der Waals surface area (Å²) in [7, 11) is -3.24. The number of hydrogen-bond donors (Lipinski definition) is 1. The van der Waals surface area contributed by atoms with E-state index in [0.29, 0.717) is 39.3 Å². The minimum absolute atomic E-state index is 0.0215. The van der Waals surface area contributed by atoms with Crippen molar-refractivity contribution in [1.82, 2.24) is 19.2 Å². The maximum absolute atomic E-state index is 12.5. The van der Waals surface area contributed by atoms with Crippen LogP contribution < -0.4 is 4.72 Å². The number of sulfonamides is 1. The lowest BCUT2D eigenvalue weighted by Crippen LogP contribution is -2.38. The first-order valence-electron chi connectivity index (χ1n) is 7.78. The Morgan fingerprint density at radius 1 is 1.43 bits per heavy atom. The summed E-state index contributed by atoms with van der Waals surface area (Å²) in [6.45, 7) is 3.29. The zero-order valence-corrected chi connectivity index (χ0v) is 14.0. The van der Waals surface area contributed by atoms with Crippen LogP contribution in [-0.2, 0) is 39.1 Å². The molecule has 8 nitrogen and oxygen atoms in total. The summed E-state index contributed by atoms with van der Waals surface area (Å²) in [4.78, 5) is 18.7. The van der Waals surface area contributed by atoms with Crippen molar-refractivity contribution in [3.8, 4) is 0 Å². The molecule has 3 rings (SSSR count). The van der Waals surface area contributed by atoms with Crippen LogP contribution in [0.25, 0.3) is 0 Å². The Balaban J connectivity index is 1.66. The predicted molar refractivity (Wildman–Crippen MR) is 83.1 cm³/mol. The highest BCUT2D eigenvalue weighted by Gasteiger charge is 2.29. The minimum Gasteiger partial charge on any atom is -0.381 e. The average molecular weight is 342 g/mol. The summed E-state index contributed by atoms with van der Waals surface area (Å²) >= 11 is 0. The standard InChI is InChI=1S/C14H22N4O4S/c1-23(20,21)16-9-12-8-15-13-2-4-17(5-6-18(12)13)14(19)11-3-7-22-10-11/h8,11,16H,2-7,9-10H2,1H3/t11-/m1/s1. The number of ether oxygens (including phenoxy) is 1. The third-order valence-electron chi connectivity index (χ3n) is 4.33. The lowest BCUT2D eigenvalue weighted by molar-refractivity contribution is -0.135. The normalized spacial score (nSPS) is 22.0. The van der Waals surface area contributed by atoms with Crippen LogP contribution in [0.15, 0.2) is 6.20 Å². The van der Waals surface area contributed by atoms with Crippen LogP contribution >= 0.6 is 0 Å². The third-order valence-corrected chi connectivity index (χ3v) is 4.99. The van der Waals surface area contributed by atoms with E-state index in [0.717, 1.165) is 24.2 Å². The molecule has 1 fully saturated rings. The van der Waals surface area contributed by atoms with Crippen LogP contribution in [0.5, 0.6) is 0 Å². The first-order chi connectivity index (χ1) is 10.9. The number of rotatable bonds is 4. The van der Waals surface area contributed by atoms with Crippen molar-refractivity contribution < 1.29 is 17.9 Å². The van der Waals surface area contributed by atoms with E-state index in [1.54, 1.807) is 6.20 Å². The summed E-state index contributed by atoms with van der Waals surface area (Å²) in [5.74, 6) is 1.03. The molecule has 9 heteroatoms. The Morgan fingerprint density at radius 2 is 2.26 bits per heavy atom. The number of carbonyl (C=O) groups excluding carboxylic acids is 1. The van der Waals surface area contributed by atoms with Gasteiger partial charge in [-0.15, -0.1) is 0 Å². The summed E-state index contributed by atoms with van der Waals surface area (Å²) < 4.78 is 32.3. The number of hydrogen-bond acceptors (Lipinski definition) is 5. The van der Waals surface area contributed by atoms with E-state index in [1.807, 2.05) is 9.47 Å². The lowest BCUT2D eigenvalue weighted by Gasteiger charge is -2.23. The van der Waals surface area contributed by atoms with Gasteiger partial charge in [0.1, 0.15) is 5.82 Å². The molecular weight excluding hydrogens is 320 g/mol. The number of fused-ring (bicyclic) bond motifs is 1. The minimum atomic E-state index is -3.24. The maximum Gasteiger partial charge on any atom is 0.228 e. The SMILES string of the molecule is CS(=O)(=O)NCc1cnc2n1CCN(C(=O)[C@@H]1CCOC1)CC2. The molecule has 128 valence electrons. The van der Waals surface area contributed by atoms with Gasteiger partial charge in [-0.25, -0.2) is 18.1 Å². The van der Waals surface area contributed by atoms with E-state index in [1.165, 1.54) is 0 Å². The highest BCUT2D eigenvalue weighted by atomic mass is 32.2. The van der Waals surface area contributed by atoms with Gasteiger partial charge in [-0.3, -0.25) is 4.79 Å². The highest BCUT2D eigenvalue weighted by Crippen LogP contribution is 2.18. The molecule has 1 amide bonds. The molecule has 0 saturated carbocycles. The van der Waals surface area contributed by atoms with Gasteiger partial charge in [0.25, 0.3) is 0 Å². The number of nitrogens with one attached hydrogen (secondary N) is 1. The van der Waals surface area contributed by atoms with Crippen LogP contribution in [0, 0.1) is 5.92 Å². The third kappa shape index (κ3) is 3.91. The van der Waals surface area contributed by atoms with Crippen LogP contribution in [-0.4, -0.2) is 61.3 Å². The molecule has 0 aliphatic carbocycles. The van der Waals surface area contributed by atoms with Crippen molar-refractivity contribution in [2.24, 2.45) is 5.92 Å². The fourth-order valence-electron chi connectivity index (χ4n) is 3.05. The van der Waals surface area contributed by atoms with E-state index in [-0.39, 0.29) is 18.4 Å². The van der Waals surface area contributed by atoms with Gasteiger partial charge in [0.2, 0.25) is 15.9 Å². The number of amides is 1. The van der Waals surface area contributed by atoms with Gasteiger partial charge in [0.05, 0.1) is 31.0 Å². The van der Waals surface area contributed by atoms with Crippen LogP contribution in [0.2, 0.25) is 0 Å². The molecule has 0 unspecified atom stereocenters. The molecule has 0 spiro atoms. The summed E-state index contributed by atoms with van der Waals surface area (Å²) in [6.07, 6.45) is 4.31. The Labute approximate surface area is 135 Å². The molecule has 23 heavy (non-hydrogen) atoms. The number of nitrogens with zero attached hydrogens (tertiary/aromatic N) is 3. The molecular formula is C14H22N4O4S. The molecule has 1 N–H and O–H groups in total. The van der Waals surface area contributed by atoms with Crippen molar-refractivity contribution in [1.29, 1.82) is 0 Å². The Hall–Kier alpha value is -1.45. The van der Waals surface area contributed by atoms with Gasteiger partial charge in [-0.2, -0.15) is 0 Å². The maximum atomic E-state index is 12.5. The second kappa shape index (κ2) is 6.58. The lowest BCUT2D eigenvalue weighted by atomic mass is 10.1. The van der Waals surface area contributed by atoms with Gasteiger partial charge in [0.15, 0.2) is 0 Å². The molecule has 1 saturated heterocycles.